The summed E-state index contributed by atoms with van der Waals surface area (Å²) in [6.45, 7) is 0. The third-order valence-electron chi connectivity index (χ3n) is 0.674. The number of aliphatic hydroxyl groups excluding tert-OH is 1. The molecule has 0 aliphatic rings. The van der Waals surface area contributed by atoms with Gasteiger partial charge in [0.25, 0.3) is 0 Å². The van der Waals surface area contributed by atoms with Crippen LogP contribution in [0.5, 0.6) is 0 Å². The molecule has 0 aromatic rings. The Morgan fingerprint density at radius 2 is 2.10 bits per heavy atom. The predicted molar refractivity (Wildman–Crippen MR) is 31.9 cm³/mol. The number of primary amides is 1. The van der Waals surface area contributed by atoms with Gasteiger partial charge in [0.2, 0.25) is 11.7 Å². The van der Waals surface area contributed by atoms with E-state index in [1.165, 1.54) is 0 Å². The maximum absolute atomic E-state index is 10.3. The molecule has 5 nitrogen and oxygen atoms in total. The first-order valence-electron chi connectivity index (χ1n) is 2.36. The third-order valence-corrected chi connectivity index (χ3v) is 0.674. The van der Waals surface area contributed by atoms with Crippen LogP contribution in [0.1, 0.15) is 0 Å². The molecular weight excluding hydrogens is 138 g/mol. The molecule has 0 saturated carbocycles. The van der Waals surface area contributed by atoms with Crippen LogP contribution in [-0.4, -0.2) is 24.1 Å². The first-order valence-corrected chi connectivity index (χ1v) is 2.36. The number of nitrogens with two attached hydrogens (primary N) is 1. The highest BCUT2D eigenvalue weighted by Crippen LogP contribution is 1.89. The van der Waals surface area contributed by atoms with Crippen molar-refractivity contribution in [2.24, 2.45) is 5.73 Å². The van der Waals surface area contributed by atoms with Crippen molar-refractivity contribution in [2.45, 2.75) is 0 Å². The highest BCUT2D eigenvalue weighted by atomic mass is 16.5. The summed E-state index contributed by atoms with van der Waals surface area (Å²) in [5.41, 5.74) is 4.60. The van der Waals surface area contributed by atoms with Crippen LogP contribution in [0, 0.1) is 0 Å². The molecule has 1 amide bonds. The number of carbonyl (C=O) groups excluding carboxylic acids is 2. The van der Waals surface area contributed by atoms with Crippen molar-refractivity contribution in [3.05, 3.63) is 11.8 Å². The number of hydrogen-bond donors (Lipinski definition) is 2. The van der Waals surface area contributed by atoms with E-state index in [0.717, 1.165) is 7.11 Å². The minimum atomic E-state index is -0.987. The standard InChI is InChI=1S/C5H7NO4/c1-10-5(9)3(7)2-4(6)8/h2,7H,1H3,(H2,6,8). The molecule has 5 heteroatoms. The van der Waals surface area contributed by atoms with Crippen molar-refractivity contribution >= 4 is 11.9 Å². The molecule has 0 radical (unpaired) electrons. The Morgan fingerprint density at radius 3 is 2.40 bits per heavy atom. The van der Waals surface area contributed by atoms with E-state index in [2.05, 4.69) is 10.5 Å². The predicted octanol–water partition coefficient (Wildman–Crippen LogP) is -0.913. The highest BCUT2D eigenvalue weighted by molar-refractivity contribution is 5.95. The van der Waals surface area contributed by atoms with Crippen LogP contribution in [-0.2, 0) is 14.3 Å². The van der Waals surface area contributed by atoms with E-state index < -0.39 is 17.6 Å². The number of amides is 1. The zero-order valence-electron chi connectivity index (χ0n) is 5.33. The maximum atomic E-state index is 10.3. The second kappa shape index (κ2) is 3.49. The van der Waals surface area contributed by atoms with Gasteiger partial charge < -0.3 is 15.6 Å². The zero-order chi connectivity index (χ0) is 8.15. The Hall–Kier alpha value is -1.52. The summed E-state index contributed by atoms with van der Waals surface area (Å²) >= 11 is 0. The number of rotatable bonds is 2. The van der Waals surface area contributed by atoms with Gasteiger partial charge in [0.05, 0.1) is 13.2 Å². The van der Waals surface area contributed by atoms with Gasteiger partial charge in [-0.05, 0) is 0 Å². The zero-order valence-corrected chi connectivity index (χ0v) is 5.33. The SMILES string of the molecule is COC(=O)C(O)=CC(N)=O. The molecule has 0 heterocycles. The molecule has 0 saturated heterocycles. The molecule has 0 rings (SSSR count). The number of methoxy groups -OCH3 is 1. The molecule has 3 N–H and O–H groups in total. The summed E-state index contributed by atoms with van der Waals surface area (Å²) in [4.78, 5) is 20.3. The highest BCUT2D eigenvalue weighted by Gasteiger charge is 2.06. The minimum absolute atomic E-state index is 0.575. The van der Waals surface area contributed by atoms with Crippen molar-refractivity contribution in [1.29, 1.82) is 0 Å². The fourth-order valence-electron chi connectivity index (χ4n) is 0.298. The first kappa shape index (κ1) is 8.48. The summed E-state index contributed by atoms with van der Waals surface area (Å²) in [6.07, 6.45) is 0.575. The largest absolute Gasteiger partial charge is 0.502 e. The van der Waals surface area contributed by atoms with Gasteiger partial charge in [-0.3, -0.25) is 4.79 Å². The van der Waals surface area contributed by atoms with E-state index in [0.29, 0.717) is 6.08 Å². The minimum Gasteiger partial charge on any atom is -0.502 e. The number of esters is 1. The Balaban J connectivity index is 4.19. The van der Waals surface area contributed by atoms with Crippen molar-refractivity contribution in [1.82, 2.24) is 0 Å². The number of ether oxygens (including phenoxy) is 1. The molecule has 0 atom stereocenters. The van der Waals surface area contributed by atoms with E-state index in [1.54, 1.807) is 0 Å². The molecule has 0 aliphatic carbocycles. The normalized spacial score (nSPS) is 10.7. The monoisotopic (exact) mass is 145 g/mol. The summed E-state index contributed by atoms with van der Waals surface area (Å²) < 4.78 is 4.05. The van der Waals surface area contributed by atoms with Gasteiger partial charge in [-0.25, -0.2) is 4.79 Å². The van der Waals surface area contributed by atoms with Crippen LogP contribution in [0.25, 0.3) is 0 Å². The molecule has 0 aliphatic heterocycles. The van der Waals surface area contributed by atoms with Crippen LogP contribution in [0.2, 0.25) is 0 Å². The van der Waals surface area contributed by atoms with E-state index >= 15 is 0 Å². The van der Waals surface area contributed by atoms with Gasteiger partial charge in [-0.1, -0.05) is 0 Å². The van der Waals surface area contributed by atoms with Crippen LogP contribution < -0.4 is 5.73 Å². The van der Waals surface area contributed by atoms with Gasteiger partial charge in [0.1, 0.15) is 0 Å². The average molecular weight is 145 g/mol. The van der Waals surface area contributed by atoms with Gasteiger partial charge in [0.15, 0.2) is 0 Å². The molecule has 0 fully saturated rings. The fourth-order valence-corrected chi connectivity index (χ4v) is 0.298. The number of carbonyl (C=O) groups is 2. The molecule has 0 spiro atoms. The van der Waals surface area contributed by atoms with Crippen molar-refractivity contribution in [3.63, 3.8) is 0 Å². The molecule has 0 aromatic heterocycles. The summed E-state index contributed by atoms with van der Waals surface area (Å²) in [5.74, 6) is -2.68. The van der Waals surface area contributed by atoms with Crippen molar-refractivity contribution in [2.75, 3.05) is 7.11 Å². The van der Waals surface area contributed by atoms with E-state index in [4.69, 9.17) is 5.11 Å². The van der Waals surface area contributed by atoms with Crippen LogP contribution in [0.3, 0.4) is 0 Å². The summed E-state index contributed by atoms with van der Waals surface area (Å²) in [7, 11) is 1.08. The van der Waals surface area contributed by atoms with Crippen molar-refractivity contribution in [3.8, 4) is 0 Å². The summed E-state index contributed by atoms with van der Waals surface area (Å²) in [6, 6.07) is 0. The van der Waals surface area contributed by atoms with E-state index in [1.807, 2.05) is 0 Å². The maximum Gasteiger partial charge on any atom is 0.373 e. The van der Waals surface area contributed by atoms with E-state index in [9.17, 15) is 9.59 Å². The fraction of sp³-hybridized carbons (Fsp3) is 0.200. The average Bonchev–Trinajstić information content (AvgIpc) is 1.85. The Bertz CT molecular complexity index is 184. The van der Waals surface area contributed by atoms with E-state index in [-0.39, 0.29) is 0 Å². The van der Waals surface area contributed by atoms with Gasteiger partial charge in [0, 0.05) is 0 Å². The molecule has 56 valence electrons. The second-order valence-corrected chi connectivity index (χ2v) is 1.42. The second-order valence-electron chi connectivity index (χ2n) is 1.42. The van der Waals surface area contributed by atoms with Crippen LogP contribution in [0.15, 0.2) is 11.8 Å². The van der Waals surface area contributed by atoms with Crippen LogP contribution >= 0.6 is 0 Å². The lowest BCUT2D eigenvalue weighted by Gasteiger charge is -1.93. The van der Waals surface area contributed by atoms with Gasteiger partial charge >= 0.3 is 5.97 Å². The topological polar surface area (TPSA) is 89.6 Å². The van der Waals surface area contributed by atoms with Gasteiger partial charge in [-0.15, -0.1) is 0 Å². The first-order chi connectivity index (χ1) is 4.57. The molecule has 0 aromatic carbocycles. The van der Waals surface area contributed by atoms with Gasteiger partial charge in [-0.2, -0.15) is 0 Å². The number of hydrogen-bond acceptors (Lipinski definition) is 4. The quantitative estimate of drug-likeness (QED) is 0.299. The smallest absolute Gasteiger partial charge is 0.373 e. The molecule has 0 bridgehead atoms. The Labute approximate surface area is 57.1 Å². The lowest BCUT2D eigenvalue weighted by Crippen LogP contribution is -2.11. The Kier molecular flexibility index (Phi) is 2.96. The molecule has 0 unspecified atom stereocenters. The Morgan fingerprint density at radius 1 is 1.60 bits per heavy atom. The molecular formula is C5H7NO4. The summed E-state index contributed by atoms with van der Waals surface area (Å²) in [5, 5.41) is 8.57. The number of aliphatic hydroxyl groups is 1. The van der Waals surface area contributed by atoms with Crippen molar-refractivity contribution < 1.29 is 19.4 Å². The third kappa shape index (κ3) is 2.71. The lowest BCUT2D eigenvalue weighted by molar-refractivity contribution is -0.139. The lowest BCUT2D eigenvalue weighted by atomic mass is 10.4. The van der Waals surface area contributed by atoms with Crippen LogP contribution in [0.4, 0.5) is 0 Å². The molecule has 10 heavy (non-hydrogen) atoms.